The van der Waals surface area contributed by atoms with Crippen LogP contribution in [0.15, 0.2) is 53.0 Å². The van der Waals surface area contributed by atoms with Gasteiger partial charge in [-0.15, -0.1) is 0 Å². The second-order valence-electron chi connectivity index (χ2n) is 10.3. The largest absolute Gasteiger partial charge is 0.510 e. The molecule has 0 aromatic heterocycles. The van der Waals surface area contributed by atoms with E-state index in [-0.39, 0.29) is 29.5 Å². The van der Waals surface area contributed by atoms with Gasteiger partial charge in [0.2, 0.25) is 5.78 Å². The highest BCUT2D eigenvalue weighted by Crippen LogP contribution is 2.53. The summed E-state index contributed by atoms with van der Waals surface area (Å²) in [5, 5.41) is 44.5. The van der Waals surface area contributed by atoms with Gasteiger partial charge in [-0.2, -0.15) is 0 Å². The number of rotatable bonds is 4. The number of hydrogen-bond donors (Lipinski definition) is 5. The number of carbonyl (C=O) groups is 4. The third kappa shape index (κ3) is 3.53. The Balaban J connectivity index is 1.72. The number of phenols is 1. The van der Waals surface area contributed by atoms with E-state index in [9.17, 15) is 44.0 Å². The van der Waals surface area contributed by atoms with Gasteiger partial charge in [0.05, 0.1) is 17.2 Å². The summed E-state index contributed by atoms with van der Waals surface area (Å²) in [4.78, 5) is 52.0. The molecule has 3 aliphatic rings. The van der Waals surface area contributed by atoms with Gasteiger partial charge in [-0.25, -0.2) is 4.39 Å². The highest BCUT2D eigenvalue weighted by molar-refractivity contribution is 6.24. The van der Waals surface area contributed by atoms with Crippen molar-refractivity contribution >= 4 is 23.8 Å². The number of amides is 1. The summed E-state index contributed by atoms with van der Waals surface area (Å²) in [6, 6.07) is 5.52. The van der Waals surface area contributed by atoms with Gasteiger partial charge in [-0.1, -0.05) is 12.1 Å². The molecule has 11 heteroatoms. The van der Waals surface area contributed by atoms with E-state index in [0.717, 1.165) is 6.07 Å². The second kappa shape index (κ2) is 8.85. The number of aldehydes is 1. The van der Waals surface area contributed by atoms with Crippen molar-refractivity contribution < 1.29 is 44.0 Å². The maximum absolute atomic E-state index is 14.0. The Kier molecular flexibility index (Phi) is 5.96. The van der Waals surface area contributed by atoms with Crippen molar-refractivity contribution in [2.24, 2.45) is 17.6 Å². The Hall–Kier alpha value is -4.35. The van der Waals surface area contributed by atoms with Crippen LogP contribution in [0.4, 0.5) is 4.39 Å². The smallest absolute Gasteiger partial charge is 0.255 e. The molecule has 0 saturated heterocycles. The molecule has 5 rings (SSSR count). The minimum Gasteiger partial charge on any atom is -0.510 e. The van der Waals surface area contributed by atoms with Crippen molar-refractivity contribution in [3.05, 3.63) is 75.5 Å². The molecular weight excluding hydrogens is 511 g/mol. The van der Waals surface area contributed by atoms with Gasteiger partial charge >= 0.3 is 0 Å². The number of phenolic OH excluding ortho intramolecular Hbond substituents is 1. The molecule has 0 aliphatic heterocycles. The Morgan fingerprint density at radius 2 is 1.85 bits per heavy atom. The third-order valence-corrected chi connectivity index (χ3v) is 8.04. The molecule has 1 amide bonds. The summed E-state index contributed by atoms with van der Waals surface area (Å²) >= 11 is 0. The van der Waals surface area contributed by atoms with Crippen molar-refractivity contribution in [3.8, 4) is 16.9 Å². The first kappa shape index (κ1) is 26.3. The highest BCUT2D eigenvalue weighted by atomic mass is 19.1. The van der Waals surface area contributed by atoms with Gasteiger partial charge in [0.1, 0.15) is 28.7 Å². The van der Waals surface area contributed by atoms with Crippen molar-refractivity contribution in [2.45, 2.75) is 24.5 Å². The maximum Gasteiger partial charge on any atom is 0.255 e. The summed E-state index contributed by atoms with van der Waals surface area (Å²) in [7, 11) is 3.09. The predicted molar refractivity (Wildman–Crippen MR) is 134 cm³/mol. The van der Waals surface area contributed by atoms with Crippen LogP contribution in [-0.2, 0) is 16.0 Å². The third-order valence-electron chi connectivity index (χ3n) is 8.04. The van der Waals surface area contributed by atoms with Gasteiger partial charge in [-0.3, -0.25) is 24.1 Å². The fourth-order valence-corrected chi connectivity index (χ4v) is 6.32. The number of aromatic hydroxyl groups is 1. The Bertz CT molecular complexity index is 1560. The normalized spacial score (nSPS) is 26.3. The van der Waals surface area contributed by atoms with Crippen LogP contribution in [0.25, 0.3) is 11.1 Å². The molecule has 0 unspecified atom stereocenters. The van der Waals surface area contributed by atoms with Gasteiger partial charge in [0, 0.05) is 11.5 Å². The molecule has 0 heterocycles. The molecule has 2 aromatic carbocycles. The van der Waals surface area contributed by atoms with Crippen LogP contribution in [0, 0.1) is 17.7 Å². The SMILES string of the molecule is CN(C)[C@@H]1C(O)=C(C(N)=O)C(=O)[C@@]2(O)C(O)=C3C(=O)c4c(O)ccc(-c5ccc(F)c(C=O)c5)c4C[C@H]3C[C@@H]12. The van der Waals surface area contributed by atoms with E-state index in [1.807, 2.05) is 0 Å². The summed E-state index contributed by atoms with van der Waals surface area (Å²) < 4.78 is 14.0. The van der Waals surface area contributed by atoms with E-state index in [0.29, 0.717) is 23.0 Å². The zero-order valence-corrected chi connectivity index (χ0v) is 20.9. The molecule has 0 saturated carbocycles. The fourth-order valence-electron chi connectivity index (χ4n) is 6.32. The number of hydrogen-bond acceptors (Lipinski definition) is 9. The lowest BCUT2D eigenvalue weighted by Gasteiger charge is -2.50. The van der Waals surface area contributed by atoms with Crippen molar-refractivity contribution in [1.29, 1.82) is 0 Å². The quantitative estimate of drug-likeness (QED) is 0.287. The topological polar surface area (TPSA) is 178 Å². The average Bonchev–Trinajstić information content (AvgIpc) is 2.86. The Morgan fingerprint density at radius 3 is 2.46 bits per heavy atom. The number of allylic oxidation sites excluding steroid dienone is 1. The van der Waals surface area contributed by atoms with Crippen LogP contribution in [0.2, 0.25) is 0 Å². The first-order valence-corrected chi connectivity index (χ1v) is 12.1. The van der Waals surface area contributed by atoms with Gasteiger partial charge < -0.3 is 26.2 Å². The number of nitrogens with zero attached hydrogens (tertiary/aromatic N) is 1. The molecular formula is C28H25FN2O8. The number of primary amides is 1. The van der Waals surface area contributed by atoms with Crippen LogP contribution in [0.5, 0.6) is 5.75 Å². The van der Waals surface area contributed by atoms with E-state index in [2.05, 4.69) is 0 Å². The molecule has 4 atom stereocenters. The van der Waals surface area contributed by atoms with E-state index in [1.165, 1.54) is 29.2 Å². The molecule has 10 nitrogen and oxygen atoms in total. The van der Waals surface area contributed by atoms with Crippen LogP contribution in [0.1, 0.15) is 32.7 Å². The predicted octanol–water partition coefficient (Wildman–Crippen LogP) is 1.74. The van der Waals surface area contributed by atoms with Crippen LogP contribution in [-0.4, -0.2) is 74.8 Å². The summed E-state index contributed by atoms with van der Waals surface area (Å²) in [5.41, 5.74) is 2.30. The number of Topliss-reactive ketones (excluding diaryl/α,β-unsaturated/α-hetero) is 2. The molecule has 0 fully saturated rings. The molecule has 0 spiro atoms. The van der Waals surface area contributed by atoms with Gasteiger partial charge in [0.15, 0.2) is 17.7 Å². The molecule has 39 heavy (non-hydrogen) atoms. The summed E-state index contributed by atoms with van der Waals surface area (Å²) in [5.74, 6) is -8.12. The van der Waals surface area contributed by atoms with E-state index < -0.39 is 69.6 Å². The molecule has 202 valence electrons. The van der Waals surface area contributed by atoms with Crippen molar-refractivity contribution in [3.63, 3.8) is 0 Å². The zero-order chi connectivity index (χ0) is 28.5. The molecule has 2 aromatic rings. The second-order valence-corrected chi connectivity index (χ2v) is 10.3. The number of benzene rings is 2. The fraction of sp³-hybridized carbons (Fsp3) is 0.286. The molecule has 0 radical (unpaired) electrons. The highest BCUT2D eigenvalue weighted by Gasteiger charge is 2.63. The number of likely N-dealkylation sites (N-methyl/N-ethyl adjacent to an activating group) is 1. The van der Waals surface area contributed by atoms with E-state index in [1.54, 1.807) is 14.1 Å². The van der Waals surface area contributed by atoms with Crippen molar-refractivity contribution in [2.75, 3.05) is 14.1 Å². The summed E-state index contributed by atoms with van der Waals surface area (Å²) in [6.07, 6.45) is 0.357. The zero-order valence-electron chi connectivity index (χ0n) is 20.9. The van der Waals surface area contributed by atoms with Crippen LogP contribution >= 0.6 is 0 Å². The standard InChI is InChI=1S/C28H25FN2O8/c1-31(2)22-16-9-12-8-15-14(11-3-5-17(29)13(7-11)10-32)4-6-18(33)20(15)23(34)19(12)25(36)28(16,39)26(37)21(24(22)35)27(30)38/h3-7,10,12,16,22,33,35-36,39H,8-9H2,1-2H3,(H2,30,38)/t12-,16-,22-,28-/m0/s1. The monoisotopic (exact) mass is 536 g/mol. The maximum atomic E-state index is 14.0. The van der Waals surface area contributed by atoms with Crippen LogP contribution in [0.3, 0.4) is 0 Å². The van der Waals surface area contributed by atoms with Gasteiger partial charge in [0.25, 0.3) is 5.91 Å². The first-order valence-electron chi connectivity index (χ1n) is 12.1. The lowest BCUT2D eigenvalue weighted by Crippen LogP contribution is -2.63. The minimum atomic E-state index is -2.73. The van der Waals surface area contributed by atoms with E-state index >= 15 is 0 Å². The lowest BCUT2D eigenvalue weighted by atomic mass is 9.58. The number of aliphatic hydroxyl groups is 3. The van der Waals surface area contributed by atoms with Crippen molar-refractivity contribution in [1.82, 2.24) is 4.90 Å². The number of fused-ring (bicyclic) bond motifs is 3. The summed E-state index contributed by atoms with van der Waals surface area (Å²) in [6.45, 7) is 0. The minimum absolute atomic E-state index is 0.0616. The number of aliphatic hydroxyl groups excluding tert-OH is 2. The first-order chi connectivity index (χ1) is 18.3. The number of halogens is 1. The molecule has 6 N–H and O–H groups in total. The average molecular weight is 537 g/mol. The number of carbonyl (C=O) groups excluding carboxylic acids is 4. The molecule has 3 aliphatic carbocycles. The number of nitrogens with two attached hydrogens (primary N) is 1. The van der Waals surface area contributed by atoms with Crippen LogP contribution < -0.4 is 5.73 Å². The lowest BCUT2D eigenvalue weighted by molar-refractivity contribution is -0.148. The van der Waals surface area contributed by atoms with E-state index in [4.69, 9.17) is 5.73 Å². The van der Waals surface area contributed by atoms with Gasteiger partial charge in [-0.05, 0) is 67.7 Å². The molecule has 0 bridgehead atoms. The Labute approximate surface area is 221 Å². The number of ketones is 2. The Morgan fingerprint density at radius 1 is 1.15 bits per heavy atom.